The minimum absolute atomic E-state index is 0.302. The Morgan fingerprint density at radius 1 is 1.08 bits per heavy atom. The van der Waals surface area contributed by atoms with Crippen molar-refractivity contribution in [1.29, 1.82) is 0 Å². The van der Waals surface area contributed by atoms with E-state index in [1.54, 1.807) is 0 Å². The topological polar surface area (TPSA) is 26.7 Å². The van der Waals surface area contributed by atoms with Gasteiger partial charge in [0.2, 0.25) is 0 Å². The van der Waals surface area contributed by atoms with Gasteiger partial charge in [0, 0.05) is 35.7 Å². The number of piperidine rings is 1. The van der Waals surface area contributed by atoms with Crippen LogP contribution in [-0.2, 0) is 11.8 Å². The molecule has 1 unspecified atom stereocenters. The molecule has 4 rings (SSSR count). The summed E-state index contributed by atoms with van der Waals surface area (Å²) in [5, 5.41) is 10.5. The first kappa shape index (κ1) is 18.0. The SMILES string of the molecule is CN1CC2(CCN(CC(O)Cc3ccc(Br)cc3)CC2)c2ccccc21. The molecule has 0 amide bonds. The second-order valence-corrected chi connectivity index (χ2v) is 8.85. The first-order valence-corrected chi connectivity index (χ1v) is 10.3. The van der Waals surface area contributed by atoms with Crippen LogP contribution in [-0.4, -0.2) is 49.3 Å². The maximum Gasteiger partial charge on any atom is 0.0707 e. The molecule has 2 heterocycles. The van der Waals surface area contributed by atoms with Gasteiger partial charge in [-0.1, -0.05) is 46.3 Å². The molecular formula is C22H27BrN2O. The van der Waals surface area contributed by atoms with Gasteiger partial charge in [-0.2, -0.15) is 0 Å². The average molecular weight is 415 g/mol. The molecule has 0 bridgehead atoms. The summed E-state index contributed by atoms with van der Waals surface area (Å²) in [6, 6.07) is 17.1. The third-order valence-electron chi connectivity index (χ3n) is 6.09. The van der Waals surface area contributed by atoms with Crippen molar-refractivity contribution < 1.29 is 5.11 Å². The Hall–Kier alpha value is -1.36. The van der Waals surface area contributed by atoms with Gasteiger partial charge in [0.05, 0.1) is 6.10 Å². The number of para-hydroxylation sites is 1. The Bertz CT molecular complexity index is 753. The third-order valence-corrected chi connectivity index (χ3v) is 6.62. The van der Waals surface area contributed by atoms with E-state index in [9.17, 15) is 5.11 Å². The maximum atomic E-state index is 10.5. The Balaban J connectivity index is 1.35. The molecule has 2 aliphatic heterocycles. The van der Waals surface area contributed by atoms with E-state index in [4.69, 9.17) is 0 Å². The number of halogens is 1. The largest absolute Gasteiger partial charge is 0.391 e. The number of benzene rings is 2. The molecule has 4 heteroatoms. The normalized spacial score (nSPS) is 20.3. The number of aliphatic hydroxyl groups excluding tert-OH is 1. The number of rotatable bonds is 4. The van der Waals surface area contributed by atoms with E-state index < -0.39 is 0 Å². The lowest BCUT2D eigenvalue weighted by Gasteiger charge is -2.40. The fourth-order valence-corrected chi connectivity index (χ4v) is 4.99. The summed E-state index contributed by atoms with van der Waals surface area (Å²) in [6.07, 6.45) is 2.78. The summed E-state index contributed by atoms with van der Waals surface area (Å²) >= 11 is 3.46. The van der Waals surface area contributed by atoms with Gasteiger partial charge in [0.15, 0.2) is 0 Å². The van der Waals surface area contributed by atoms with E-state index in [1.807, 2.05) is 12.1 Å². The molecule has 2 aromatic carbocycles. The number of nitrogens with zero attached hydrogens (tertiary/aromatic N) is 2. The van der Waals surface area contributed by atoms with Crippen LogP contribution in [0, 0.1) is 0 Å². The van der Waals surface area contributed by atoms with Gasteiger partial charge < -0.3 is 14.9 Å². The van der Waals surface area contributed by atoms with E-state index in [0.29, 0.717) is 5.41 Å². The van der Waals surface area contributed by atoms with Crippen molar-refractivity contribution in [3.05, 3.63) is 64.1 Å². The van der Waals surface area contributed by atoms with Crippen LogP contribution in [0.25, 0.3) is 0 Å². The zero-order chi connectivity index (χ0) is 18.1. The van der Waals surface area contributed by atoms with Gasteiger partial charge in [0.25, 0.3) is 0 Å². The Labute approximate surface area is 164 Å². The van der Waals surface area contributed by atoms with Gasteiger partial charge in [-0.15, -0.1) is 0 Å². The minimum Gasteiger partial charge on any atom is -0.391 e. The Morgan fingerprint density at radius 3 is 2.50 bits per heavy atom. The van der Waals surface area contributed by atoms with E-state index >= 15 is 0 Å². The quantitative estimate of drug-likeness (QED) is 0.822. The highest BCUT2D eigenvalue weighted by Gasteiger charge is 2.43. The average Bonchev–Trinajstić information content (AvgIpc) is 2.92. The van der Waals surface area contributed by atoms with Crippen molar-refractivity contribution in [3.63, 3.8) is 0 Å². The van der Waals surface area contributed by atoms with Crippen LogP contribution >= 0.6 is 15.9 Å². The number of hydrogen-bond acceptors (Lipinski definition) is 3. The first-order chi connectivity index (χ1) is 12.6. The highest BCUT2D eigenvalue weighted by molar-refractivity contribution is 9.10. The van der Waals surface area contributed by atoms with Crippen molar-refractivity contribution in [2.75, 3.05) is 38.1 Å². The molecule has 0 saturated carbocycles. The number of hydrogen-bond donors (Lipinski definition) is 1. The summed E-state index contributed by atoms with van der Waals surface area (Å²) in [4.78, 5) is 4.85. The van der Waals surface area contributed by atoms with Gasteiger partial charge in [-0.05, 0) is 61.7 Å². The fraction of sp³-hybridized carbons (Fsp3) is 0.455. The highest BCUT2D eigenvalue weighted by atomic mass is 79.9. The van der Waals surface area contributed by atoms with Crippen molar-refractivity contribution in [2.45, 2.75) is 30.8 Å². The zero-order valence-corrected chi connectivity index (χ0v) is 17.0. The van der Waals surface area contributed by atoms with Crippen LogP contribution < -0.4 is 4.90 Å². The molecule has 2 aliphatic rings. The summed E-state index contributed by atoms with van der Waals surface area (Å²) < 4.78 is 1.08. The van der Waals surface area contributed by atoms with Gasteiger partial charge in [-0.25, -0.2) is 0 Å². The molecule has 26 heavy (non-hydrogen) atoms. The summed E-state index contributed by atoms with van der Waals surface area (Å²) in [6.45, 7) is 4.03. The van der Waals surface area contributed by atoms with Crippen molar-refractivity contribution in [2.24, 2.45) is 0 Å². The molecule has 138 valence electrons. The molecule has 1 saturated heterocycles. The van der Waals surface area contributed by atoms with Crippen LogP contribution in [0.1, 0.15) is 24.0 Å². The lowest BCUT2D eigenvalue weighted by Crippen LogP contribution is -2.47. The van der Waals surface area contributed by atoms with Crippen molar-refractivity contribution in [3.8, 4) is 0 Å². The smallest absolute Gasteiger partial charge is 0.0707 e. The summed E-state index contributed by atoms with van der Waals surface area (Å²) in [5.74, 6) is 0. The van der Waals surface area contributed by atoms with E-state index in [2.05, 4.69) is 69.2 Å². The molecule has 1 atom stereocenters. The van der Waals surface area contributed by atoms with E-state index in [1.165, 1.54) is 29.7 Å². The van der Waals surface area contributed by atoms with Crippen LogP contribution in [0.2, 0.25) is 0 Å². The van der Waals surface area contributed by atoms with Gasteiger partial charge in [-0.3, -0.25) is 0 Å². The summed E-state index contributed by atoms with van der Waals surface area (Å²) in [5.41, 5.74) is 4.42. The van der Waals surface area contributed by atoms with Crippen LogP contribution in [0.3, 0.4) is 0 Å². The Morgan fingerprint density at radius 2 is 1.77 bits per heavy atom. The lowest BCUT2D eigenvalue weighted by molar-refractivity contribution is 0.0840. The first-order valence-electron chi connectivity index (χ1n) is 9.51. The van der Waals surface area contributed by atoms with Crippen LogP contribution in [0.5, 0.6) is 0 Å². The second-order valence-electron chi connectivity index (χ2n) is 7.94. The minimum atomic E-state index is -0.302. The molecule has 1 N–H and O–H groups in total. The van der Waals surface area contributed by atoms with Crippen LogP contribution in [0.15, 0.2) is 53.0 Å². The second kappa shape index (κ2) is 7.34. The summed E-state index contributed by atoms with van der Waals surface area (Å²) in [7, 11) is 2.21. The van der Waals surface area contributed by atoms with E-state index in [0.717, 1.165) is 37.1 Å². The molecule has 0 aromatic heterocycles. The monoisotopic (exact) mass is 414 g/mol. The lowest BCUT2D eigenvalue weighted by atomic mass is 9.74. The van der Waals surface area contributed by atoms with Crippen molar-refractivity contribution >= 4 is 21.6 Å². The molecular weight excluding hydrogens is 388 g/mol. The number of likely N-dealkylation sites (N-methyl/N-ethyl adjacent to an activating group) is 1. The molecule has 0 radical (unpaired) electrons. The van der Waals surface area contributed by atoms with E-state index in [-0.39, 0.29) is 6.10 Å². The molecule has 0 aliphatic carbocycles. The predicted molar refractivity (Wildman–Crippen MR) is 111 cm³/mol. The van der Waals surface area contributed by atoms with Crippen molar-refractivity contribution in [1.82, 2.24) is 4.90 Å². The predicted octanol–water partition coefficient (Wildman–Crippen LogP) is 3.84. The zero-order valence-electron chi connectivity index (χ0n) is 15.4. The Kier molecular flexibility index (Phi) is 5.09. The molecule has 3 nitrogen and oxygen atoms in total. The molecule has 2 aromatic rings. The maximum absolute atomic E-state index is 10.5. The number of β-amino-alcohol motifs (C(OH)–C–C–N with tert-alkyl or cyclic N) is 1. The number of likely N-dealkylation sites (tertiary alicyclic amines) is 1. The number of aliphatic hydroxyl groups is 1. The third kappa shape index (κ3) is 3.55. The van der Waals surface area contributed by atoms with Gasteiger partial charge in [0.1, 0.15) is 0 Å². The van der Waals surface area contributed by atoms with Crippen LogP contribution in [0.4, 0.5) is 5.69 Å². The van der Waals surface area contributed by atoms with Gasteiger partial charge >= 0.3 is 0 Å². The fourth-order valence-electron chi connectivity index (χ4n) is 4.73. The molecule has 1 spiro atoms. The number of fused-ring (bicyclic) bond motifs is 2. The number of anilines is 1. The molecule has 1 fully saturated rings. The standard InChI is InChI=1S/C22H27BrN2O/c1-24-16-22(20-4-2-3-5-21(20)24)10-12-25(13-11-22)15-19(26)14-17-6-8-18(23)9-7-17/h2-9,19,26H,10-16H2,1H3. The highest BCUT2D eigenvalue weighted by Crippen LogP contribution is 2.46.